The summed E-state index contributed by atoms with van der Waals surface area (Å²) in [6.45, 7) is 3.82. The Morgan fingerprint density at radius 2 is 1.71 bits per heavy atom. The summed E-state index contributed by atoms with van der Waals surface area (Å²) in [5.74, 6) is -0.708. The highest BCUT2D eigenvalue weighted by Gasteiger charge is 2.27. The molecule has 0 unspecified atom stereocenters. The standard InChI is InChI=1S/C22H22N2O4/c1-14-10-15(2)12-18(11-14)21(25)24(3)19(22(26)27)13-16-4-6-17(7-5-16)20-8-9-23-28-20/h4-12,19H,13H2,1-3H3,(H,26,27)/t19-/m0/s1. The molecular formula is C22H22N2O4. The molecule has 0 radical (unpaired) electrons. The number of likely N-dealkylation sites (N-methyl/N-ethyl adjacent to an activating group) is 1. The van der Waals surface area contributed by atoms with E-state index in [-0.39, 0.29) is 12.3 Å². The fraction of sp³-hybridized carbons (Fsp3) is 0.227. The molecule has 6 heteroatoms. The Bertz CT molecular complexity index is 958. The number of carbonyl (C=O) groups excluding carboxylic acids is 1. The Balaban J connectivity index is 1.79. The molecular weight excluding hydrogens is 356 g/mol. The molecule has 0 aliphatic rings. The zero-order valence-electron chi connectivity index (χ0n) is 16.0. The number of amides is 1. The quantitative estimate of drug-likeness (QED) is 0.707. The highest BCUT2D eigenvalue weighted by Crippen LogP contribution is 2.20. The number of benzene rings is 2. The number of nitrogens with zero attached hydrogens (tertiary/aromatic N) is 2. The van der Waals surface area contributed by atoms with Crippen molar-refractivity contribution in [2.24, 2.45) is 0 Å². The first-order valence-electron chi connectivity index (χ1n) is 8.93. The van der Waals surface area contributed by atoms with E-state index in [0.717, 1.165) is 22.3 Å². The number of hydrogen-bond donors (Lipinski definition) is 1. The third kappa shape index (κ3) is 4.28. The van der Waals surface area contributed by atoms with Crippen LogP contribution >= 0.6 is 0 Å². The van der Waals surface area contributed by atoms with E-state index in [2.05, 4.69) is 5.16 Å². The van der Waals surface area contributed by atoms with Crippen LogP contribution in [0.25, 0.3) is 11.3 Å². The van der Waals surface area contributed by atoms with Crippen LogP contribution in [0, 0.1) is 13.8 Å². The van der Waals surface area contributed by atoms with E-state index < -0.39 is 12.0 Å². The topological polar surface area (TPSA) is 83.6 Å². The van der Waals surface area contributed by atoms with Gasteiger partial charge in [-0.05, 0) is 31.5 Å². The number of carbonyl (C=O) groups is 2. The van der Waals surface area contributed by atoms with Crippen LogP contribution < -0.4 is 0 Å². The molecule has 6 nitrogen and oxygen atoms in total. The number of aromatic nitrogens is 1. The van der Waals surface area contributed by atoms with Crippen molar-refractivity contribution in [3.63, 3.8) is 0 Å². The maximum Gasteiger partial charge on any atom is 0.326 e. The molecule has 3 rings (SSSR count). The second-order valence-electron chi connectivity index (χ2n) is 6.92. The molecule has 1 aromatic heterocycles. The van der Waals surface area contributed by atoms with Gasteiger partial charge in [0.15, 0.2) is 5.76 Å². The molecule has 28 heavy (non-hydrogen) atoms. The van der Waals surface area contributed by atoms with Gasteiger partial charge in [0.25, 0.3) is 5.91 Å². The third-order valence-corrected chi connectivity index (χ3v) is 4.65. The van der Waals surface area contributed by atoms with Crippen LogP contribution in [0.3, 0.4) is 0 Å². The second kappa shape index (κ2) is 8.08. The molecule has 0 aliphatic carbocycles. The summed E-state index contributed by atoms with van der Waals surface area (Å²) < 4.78 is 5.12. The molecule has 2 aromatic carbocycles. The van der Waals surface area contributed by atoms with Crippen molar-refractivity contribution in [1.82, 2.24) is 10.1 Å². The van der Waals surface area contributed by atoms with Gasteiger partial charge in [-0.15, -0.1) is 0 Å². The first-order chi connectivity index (χ1) is 13.3. The minimum atomic E-state index is -1.04. The van der Waals surface area contributed by atoms with E-state index in [9.17, 15) is 14.7 Å². The van der Waals surface area contributed by atoms with E-state index >= 15 is 0 Å². The lowest BCUT2D eigenvalue weighted by Crippen LogP contribution is -2.43. The highest BCUT2D eigenvalue weighted by molar-refractivity contribution is 5.96. The normalized spacial score (nSPS) is 11.8. The molecule has 0 fully saturated rings. The summed E-state index contributed by atoms with van der Waals surface area (Å²) in [6, 6.07) is 13.7. The Morgan fingerprint density at radius 3 is 2.25 bits per heavy atom. The van der Waals surface area contributed by atoms with Gasteiger partial charge in [-0.1, -0.05) is 46.6 Å². The Kier molecular flexibility index (Phi) is 5.59. The molecule has 1 amide bonds. The minimum Gasteiger partial charge on any atom is -0.480 e. The molecule has 3 aromatic rings. The molecule has 0 saturated heterocycles. The summed E-state index contributed by atoms with van der Waals surface area (Å²) in [5, 5.41) is 13.4. The van der Waals surface area contributed by atoms with Gasteiger partial charge in [-0.25, -0.2) is 4.79 Å². The predicted octanol–water partition coefficient (Wildman–Crippen LogP) is 3.73. The van der Waals surface area contributed by atoms with Crippen LogP contribution in [0.1, 0.15) is 27.0 Å². The second-order valence-corrected chi connectivity index (χ2v) is 6.92. The van der Waals surface area contributed by atoms with E-state index in [4.69, 9.17) is 4.52 Å². The van der Waals surface area contributed by atoms with Crippen LogP contribution in [-0.2, 0) is 11.2 Å². The van der Waals surface area contributed by atoms with Gasteiger partial charge in [0, 0.05) is 30.7 Å². The molecule has 144 valence electrons. The zero-order chi connectivity index (χ0) is 20.3. The number of hydrogen-bond acceptors (Lipinski definition) is 4. The van der Waals surface area contributed by atoms with Crippen molar-refractivity contribution in [3.8, 4) is 11.3 Å². The highest BCUT2D eigenvalue weighted by atomic mass is 16.5. The summed E-state index contributed by atoms with van der Waals surface area (Å²) in [6.07, 6.45) is 1.77. The molecule has 0 saturated carbocycles. The number of rotatable bonds is 6. The van der Waals surface area contributed by atoms with E-state index in [1.165, 1.54) is 11.9 Å². The monoisotopic (exact) mass is 378 g/mol. The van der Waals surface area contributed by atoms with Gasteiger partial charge >= 0.3 is 5.97 Å². The van der Waals surface area contributed by atoms with Gasteiger partial charge in [-0.2, -0.15) is 0 Å². The van der Waals surface area contributed by atoms with Crippen LogP contribution in [0.4, 0.5) is 0 Å². The fourth-order valence-corrected chi connectivity index (χ4v) is 3.23. The van der Waals surface area contributed by atoms with Gasteiger partial charge in [0.05, 0.1) is 6.20 Å². The lowest BCUT2D eigenvalue weighted by atomic mass is 10.0. The summed E-state index contributed by atoms with van der Waals surface area (Å²) in [5.41, 5.74) is 4.09. The minimum absolute atomic E-state index is 0.207. The smallest absolute Gasteiger partial charge is 0.326 e. The van der Waals surface area contributed by atoms with Gasteiger partial charge in [0.2, 0.25) is 0 Å². The average molecular weight is 378 g/mol. The maximum atomic E-state index is 12.8. The SMILES string of the molecule is Cc1cc(C)cc(C(=O)N(C)[C@@H](Cc2ccc(-c3ccno3)cc2)C(=O)O)c1. The van der Waals surface area contributed by atoms with Gasteiger partial charge in [-0.3, -0.25) is 4.79 Å². The molecule has 0 aliphatic heterocycles. The number of aliphatic carboxylic acids is 1. The van der Waals surface area contributed by atoms with Crippen molar-refractivity contribution < 1.29 is 19.2 Å². The lowest BCUT2D eigenvalue weighted by Gasteiger charge is -2.25. The van der Waals surface area contributed by atoms with E-state index in [0.29, 0.717) is 11.3 Å². The fourth-order valence-electron chi connectivity index (χ4n) is 3.23. The van der Waals surface area contributed by atoms with Crippen LogP contribution in [-0.4, -0.2) is 40.1 Å². The van der Waals surface area contributed by atoms with Crippen molar-refractivity contribution in [1.29, 1.82) is 0 Å². The van der Waals surface area contributed by atoms with E-state index in [1.54, 1.807) is 24.4 Å². The molecule has 1 atom stereocenters. The maximum absolute atomic E-state index is 12.8. The van der Waals surface area contributed by atoms with Crippen LogP contribution in [0.2, 0.25) is 0 Å². The van der Waals surface area contributed by atoms with Crippen LogP contribution in [0.5, 0.6) is 0 Å². The number of carboxylic acid groups (broad SMARTS) is 1. The number of carboxylic acids is 1. The van der Waals surface area contributed by atoms with Crippen molar-refractivity contribution in [3.05, 3.63) is 77.0 Å². The Hall–Kier alpha value is -3.41. The third-order valence-electron chi connectivity index (χ3n) is 4.65. The Morgan fingerprint density at radius 1 is 1.07 bits per heavy atom. The first kappa shape index (κ1) is 19.4. The molecule has 1 heterocycles. The van der Waals surface area contributed by atoms with E-state index in [1.807, 2.05) is 44.2 Å². The zero-order valence-corrected chi connectivity index (χ0v) is 16.0. The lowest BCUT2D eigenvalue weighted by molar-refractivity contribution is -0.141. The van der Waals surface area contributed by atoms with Gasteiger partial charge in [0.1, 0.15) is 6.04 Å². The molecule has 1 N–H and O–H groups in total. The summed E-state index contributed by atoms with van der Waals surface area (Å²) in [7, 11) is 1.53. The van der Waals surface area contributed by atoms with Crippen molar-refractivity contribution in [2.45, 2.75) is 26.3 Å². The molecule has 0 bridgehead atoms. The van der Waals surface area contributed by atoms with Crippen molar-refractivity contribution in [2.75, 3.05) is 7.05 Å². The summed E-state index contributed by atoms with van der Waals surface area (Å²) >= 11 is 0. The Labute approximate surface area is 163 Å². The van der Waals surface area contributed by atoms with Crippen LogP contribution in [0.15, 0.2) is 59.3 Å². The summed E-state index contributed by atoms with van der Waals surface area (Å²) in [4.78, 5) is 26.0. The first-order valence-corrected chi connectivity index (χ1v) is 8.93. The average Bonchev–Trinajstić information content (AvgIpc) is 3.19. The number of aryl methyl sites for hydroxylation is 2. The van der Waals surface area contributed by atoms with Gasteiger partial charge < -0.3 is 14.5 Å². The molecule has 0 spiro atoms. The van der Waals surface area contributed by atoms with Crippen molar-refractivity contribution >= 4 is 11.9 Å². The predicted molar refractivity (Wildman–Crippen MR) is 105 cm³/mol. The largest absolute Gasteiger partial charge is 0.480 e.